The maximum absolute atomic E-state index is 5.43. The van der Waals surface area contributed by atoms with E-state index in [0.717, 1.165) is 33.6 Å². The number of benzene rings is 8. The van der Waals surface area contributed by atoms with Gasteiger partial charge in [-0.05, 0) is 63.2 Å². The predicted molar refractivity (Wildman–Crippen MR) is 234 cm³/mol. The van der Waals surface area contributed by atoms with Gasteiger partial charge in [-0.15, -0.1) is 11.3 Å². The molecule has 2 aromatic heterocycles. The second kappa shape index (κ2) is 13.1. The van der Waals surface area contributed by atoms with E-state index in [-0.39, 0.29) is 0 Å². The Labute approximate surface area is 330 Å². The number of thiophene rings is 1. The van der Waals surface area contributed by atoms with Crippen molar-refractivity contribution in [1.82, 2.24) is 9.97 Å². The fourth-order valence-corrected chi connectivity index (χ4v) is 10.2. The number of hydrogen-bond acceptors (Lipinski definition) is 3. The van der Waals surface area contributed by atoms with Gasteiger partial charge in [0.05, 0.1) is 16.8 Å². The van der Waals surface area contributed by atoms with Crippen LogP contribution in [0, 0.1) is 0 Å². The third-order valence-electron chi connectivity index (χ3n) is 11.4. The van der Waals surface area contributed by atoms with Gasteiger partial charge in [-0.25, -0.2) is 9.97 Å². The molecule has 0 bridgehead atoms. The number of hydrogen-bond donors (Lipinski definition) is 0. The second-order valence-corrected chi connectivity index (χ2v) is 15.5. The summed E-state index contributed by atoms with van der Waals surface area (Å²) >= 11 is 1.87. The van der Waals surface area contributed by atoms with Crippen molar-refractivity contribution in [2.24, 2.45) is 0 Å². The molecule has 0 spiro atoms. The minimum atomic E-state index is -0.536. The van der Waals surface area contributed by atoms with Gasteiger partial charge in [0.25, 0.3) is 0 Å². The molecule has 0 atom stereocenters. The smallest absolute Gasteiger partial charge is 0.160 e. The molecule has 2 nitrogen and oxygen atoms in total. The Morgan fingerprint density at radius 1 is 0.357 bits per heavy atom. The molecule has 1 aliphatic rings. The fourth-order valence-electron chi connectivity index (χ4n) is 8.94. The largest absolute Gasteiger partial charge is 0.228 e. The zero-order chi connectivity index (χ0) is 37.1. The van der Waals surface area contributed by atoms with Gasteiger partial charge in [0.1, 0.15) is 0 Å². The normalized spacial score (nSPS) is 12.8. The summed E-state index contributed by atoms with van der Waals surface area (Å²) < 4.78 is 2.56. The van der Waals surface area contributed by atoms with Gasteiger partial charge in [-0.2, -0.15) is 0 Å². The van der Waals surface area contributed by atoms with Crippen LogP contribution in [0.4, 0.5) is 0 Å². The lowest BCUT2D eigenvalue weighted by Crippen LogP contribution is -2.28. The molecule has 1 aliphatic carbocycles. The van der Waals surface area contributed by atoms with E-state index < -0.39 is 5.41 Å². The van der Waals surface area contributed by atoms with E-state index >= 15 is 0 Å². The van der Waals surface area contributed by atoms with Crippen LogP contribution in [0.2, 0.25) is 0 Å². The highest BCUT2D eigenvalue weighted by Crippen LogP contribution is 2.58. The van der Waals surface area contributed by atoms with E-state index in [1.165, 1.54) is 59.1 Å². The molecule has 0 saturated carbocycles. The molecule has 3 heteroatoms. The lowest BCUT2D eigenvalue weighted by molar-refractivity contribution is 0.769. The fraction of sp³-hybridized carbons (Fsp3) is 0.0189. The summed E-state index contributed by atoms with van der Waals surface area (Å²) in [7, 11) is 0. The summed E-state index contributed by atoms with van der Waals surface area (Å²) in [6.45, 7) is 0. The Balaban J connectivity index is 1.29. The highest BCUT2D eigenvalue weighted by atomic mass is 32.1. The summed E-state index contributed by atoms with van der Waals surface area (Å²) in [5.74, 6) is 0.705. The van der Waals surface area contributed by atoms with Crippen molar-refractivity contribution in [3.63, 3.8) is 0 Å². The third-order valence-corrected chi connectivity index (χ3v) is 12.6. The first-order valence-corrected chi connectivity index (χ1v) is 19.9. The van der Waals surface area contributed by atoms with Crippen LogP contribution < -0.4 is 0 Å². The summed E-state index contributed by atoms with van der Waals surface area (Å²) in [4.78, 5) is 10.6. The highest BCUT2D eigenvalue weighted by Gasteiger charge is 2.46. The minimum absolute atomic E-state index is 0.536. The topological polar surface area (TPSA) is 25.8 Å². The lowest BCUT2D eigenvalue weighted by atomic mass is 9.67. The van der Waals surface area contributed by atoms with E-state index in [1.807, 2.05) is 17.4 Å². The van der Waals surface area contributed by atoms with Gasteiger partial charge in [-0.1, -0.05) is 182 Å². The van der Waals surface area contributed by atoms with Gasteiger partial charge in [0.15, 0.2) is 5.82 Å². The molecule has 262 valence electrons. The first kappa shape index (κ1) is 32.5. The monoisotopic (exact) mass is 730 g/mol. The molecule has 0 saturated heterocycles. The van der Waals surface area contributed by atoms with Gasteiger partial charge < -0.3 is 0 Å². The van der Waals surface area contributed by atoms with Crippen molar-refractivity contribution >= 4 is 31.5 Å². The van der Waals surface area contributed by atoms with Crippen molar-refractivity contribution in [2.45, 2.75) is 5.41 Å². The molecule has 8 aromatic carbocycles. The summed E-state index contributed by atoms with van der Waals surface area (Å²) in [5, 5.41) is 2.56. The molecule has 0 amide bonds. The Morgan fingerprint density at radius 2 is 0.929 bits per heavy atom. The Morgan fingerprint density at radius 3 is 1.66 bits per heavy atom. The van der Waals surface area contributed by atoms with Crippen molar-refractivity contribution < 1.29 is 0 Å². The molecular formula is C53H34N2S. The van der Waals surface area contributed by atoms with E-state index in [1.54, 1.807) is 0 Å². The van der Waals surface area contributed by atoms with Crippen molar-refractivity contribution in [1.29, 1.82) is 0 Å². The van der Waals surface area contributed by atoms with Gasteiger partial charge >= 0.3 is 0 Å². The predicted octanol–water partition coefficient (Wildman–Crippen LogP) is 13.9. The molecule has 10 aromatic rings. The number of aromatic nitrogens is 2. The van der Waals surface area contributed by atoms with Crippen LogP contribution in [0.15, 0.2) is 206 Å². The molecule has 56 heavy (non-hydrogen) atoms. The van der Waals surface area contributed by atoms with E-state index in [4.69, 9.17) is 9.97 Å². The SMILES string of the molecule is c1ccc(-c2cc(-c3cc4c(cc3-c3cccc5c3sc3ccccc35)C(c3ccccc3)(c3ccccc3)c3ccccc3-4)nc(-c3ccccc3)n2)cc1. The Hall–Kier alpha value is -6.94. The van der Waals surface area contributed by atoms with Crippen LogP contribution in [0.25, 0.3) is 76.3 Å². The molecule has 0 radical (unpaired) electrons. The second-order valence-electron chi connectivity index (χ2n) is 14.4. The molecular weight excluding hydrogens is 697 g/mol. The van der Waals surface area contributed by atoms with Crippen LogP contribution >= 0.6 is 11.3 Å². The van der Waals surface area contributed by atoms with Crippen LogP contribution in [0.1, 0.15) is 22.3 Å². The first-order valence-electron chi connectivity index (χ1n) is 19.1. The van der Waals surface area contributed by atoms with Crippen LogP contribution in [0.3, 0.4) is 0 Å². The van der Waals surface area contributed by atoms with Crippen molar-refractivity contribution in [3.8, 4) is 56.2 Å². The molecule has 0 unspecified atom stereocenters. The molecule has 11 rings (SSSR count). The standard InChI is InChI=1S/C53H34N2S/c1-5-18-35(19-6-1)48-34-49(55-52(54-48)36-20-7-2-8-21-36)45-32-44-39-26-13-15-30-46(39)53(37-22-9-3-10-23-37,38-24-11-4-12-25-38)47(44)33-43(45)42-29-17-28-41-40-27-14-16-31-50(40)56-51(41)42/h1-34H. The van der Waals surface area contributed by atoms with Crippen LogP contribution in [-0.4, -0.2) is 9.97 Å². The molecule has 0 N–H and O–H groups in total. The van der Waals surface area contributed by atoms with Gasteiger partial charge in [0, 0.05) is 42.4 Å². The Bertz CT molecular complexity index is 2960. The zero-order valence-corrected chi connectivity index (χ0v) is 31.2. The minimum Gasteiger partial charge on any atom is -0.228 e. The van der Waals surface area contributed by atoms with Gasteiger partial charge in [0.2, 0.25) is 0 Å². The first-order chi connectivity index (χ1) is 27.8. The zero-order valence-electron chi connectivity index (χ0n) is 30.4. The summed E-state index contributed by atoms with van der Waals surface area (Å²) in [6.07, 6.45) is 0. The summed E-state index contributed by atoms with van der Waals surface area (Å²) in [5.41, 5.74) is 14.2. The van der Waals surface area contributed by atoms with E-state index in [0.29, 0.717) is 5.82 Å². The van der Waals surface area contributed by atoms with Crippen LogP contribution in [0.5, 0.6) is 0 Å². The Kier molecular flexibility index (Phi) is 7.61. The quantitative estimate of drug-likeness (QED) is 0.170. The lowest BCUT2D eigenvalue weighted by Gasteiger charge is -2.34. The highest BCUT2D eigenvalue weighted by molar-refractivity contribution is 7.26. The maximum atomic E-state index is 5.43. The van der Waals surface area contributed by atoms with E-state index in [9.17, 15) is 0 Å². The molecule has 0 fully saturated rings. The van der Waals surface area contributed by atoms with Gasteiger partial charge in [-0.3, -0.25) is 0 Å². The van der Waals surface area contributed by atoms with Crippen molar-refractivity contribution in [3.05, 3.63) is 229 Å². The average molecular weight is 731 g/mol. The van der Waals surface area contributed by atoms with E-state index in [2.05, 4.69) is 200 Å². The van der Waals surface area contributed by atoms with Crippen LogP contribution in [-0.2, 0) is 5.41 Å². The maximum Gasteiger partial charge on any atom is 0.160 e. The molecule has 0 aliphatic heterocycles. The molecule has 2 heterocycles. The van der Waals surface area contributed by atoms with Crippen molar-refractivity contribution in [2.75, 3.05) is 0 Å². The number of nitrogens with zero attached hydrogens (tertiary/aromatic N) is 2. The third kappa shape index (κ3) is 5.02. The average Bonchev–Trinajstić information content (AvgIpc) is 3.81. The summed E-state index contributed by atoms with van der Waals surface area (Å²) in [6, 6.07) is 74.5. The number of rotatable bonds is 6. The number of fused-ring (bicyclic) bond motifs is 6.